The summed E-state index contributed by atoms with van der Waals surface area (Å²) in [7, 11) is 0. The van der Waals surface area contributed by atoms with Crippen molar-refractivity contribution in [3.8, 4) is 0 Å². The largest absolute Gasteiger partial charge is 0.367 e. The zero-order valence-corrected chi connectivity index (χ0v) is 14.7. The van der Waals surface area contributed by atoms with Crippen LogP contribution in [-0.4, -0.2) is 33.8 Å². The van der Waals surface area contributed by atoms with Crippen molar-refractivity contribution in [2.75, 3.05) is 0 Å². The molecule has 3 unspecified atom stereocenters. The highest BCUT2D eigenvalue weighted by molar-refractivity contribution is 5.89. The fourth-order valence-electron chi connectivity index (χ4n) is 3.06. The van der Waals surface area contributed by atoms with Crippen LogP contribution in [0, 0.1) is 5.92 Å². The first-order chi connectivity index (χ1) is 10.1. The van der Waals surface area contributed by atoms with Crippen LogP contribution in [0.3, 0.4) is 0 Å². The summed E-state index contributed by atoms with van der Waals surface area (Å²) in [6.07, 6.45) is 2.14. The molecule has 0 aromatic rings. The lowest BCUT2D eigenvalue weighted by atomic mass is 9.70. The van der Waals surface area contributed by atoms with Crippen molar-refractivity contribution in [3.05, 3.63) is 0 Å². The monoisotopic (exact) mass is 312 g/mol. The molecule has 0 bridgehead atoms. The number of carbonyl (C=O) groups is 2. The molecule has 0 saturated carbocycles. The van der Waals surface area contributed by atoms with Gasteiger partial charge in [-0.3, -0.25) is 4.79 Å². The van der Waals surface area contributed by atoms with Crippen molar-refractivity contribution in [3.63, 3.8) is 0 Å². The maximum atomic E-state index is 11.6. The molecule has 126 valence electrons. The minimum Gasteiger partial charge on any atom is -0.367 e. The molecule has 3 atom stereocenters. The molecule has 0 N–H and O–H groups in total. The molecule has 0 amide bonds. The Kier molecular flexibility index (Phi) is 5.73. The molecule has 1 aliphatic heterocycles. The number of nitrogens with zero attached hydrogens (tertiary/aromatic N) is 2. The minimum absolute atomic E-state index is 0.00387. The summed E-state index contributed by atoms with van der Waals surface area (Å²) in [6.45, 7) is 13.0. The van der Waals surface area contributed by atoms with E-state index in [1.165, 1.54) is 13.8 Å². The summed E-state index contributed by atoms with van der Waals surface area (Å²) in [5.74, 6) is -0.763. The van der Waals surface area contributed by atoms with Crippen LogP contribution < -0.4 is 0 Å². The van der Waals surface area contributed by atoms with Gasteiger partial charge in [-0.1, -0.05) is 25.9 Å². The Morgan fingerprint density at radius 1 is 1.23 bits per heavy atom. The Hall–Kier alpha value is -1.43. The van der Waals surface area contributed by atoms with Crippen LogP contribution in [-0.2, 0) is 19.3 Å². The lowest BCUT2D eigenvalue weighted by Gasteiger charge is -2.55. The first-order valence-electron chi connectivity index (χ1n) is 7.84. The van der Waals surface area contributed by atoms with Crippen molar-refractivity contribution < 1.29 is 19.3 Å². The van der Waals surface area contributed by atoms with Gasteiger partial charge in [0.25, 0.3) is 0 Å². The van der Waals surface area contributed by atoms with Crippen LogP contribution in [0.4, 0.5) is 0 Å². The number of hydroxylamine groups is 2. The normalized spacial score (nSPS) is 34.5. The van der Waals surface area contributed by atoms with Gasteiger partial charge in [0.2, 0.25) is 0 Å². The van der Waals surface area contributed by atoms with Gasteiger partial charge in [0.05, 0.1) is 16.8 Å². The average molecular weight is 312 g/mol. The van der Waals surface area contributed by atoms with Crippen molar-refractivity contribution in [2.24, 2.45) is 11.1 Å². The van der Waals surface area contributed by atoms with Gasteiger partial charge in [0.1, 0.15) is 0 Å². The molecule has 1 aliphatic rings. The van der Waals surface area contributed by atoms with Gasteiger partial charge in [-0.2, -0.15) is 0 Å². The highest BCUT2D eigenvalue weighted by Gasteiger charge is 2.54. The first kappa shape index (κ1) is 18.6. The first-order valence-corrected chi connectivity index (χ1v) is 7.84. The lowest BCUT2D eigenvalue weighted by Crippen LogP contribution is -2.66. The van der Waals surface area contributed by atoms with Gasteiger partial charge in [0, 0.05) is 26.2 Å². The van der Waals surface area contributed by atoms with E-state index in [1.54, 1.807) is 0 Å². The topological polar surface area (TPSA) is 68.2 Å². The van der Waals surface area contributed by atoms with E-state index in [0.717, 1.165) is 18.6 Å². The van der Waals surface area contributed by atoms with E-state index in [1.807, 2.05) is 25.8 Å². The molecule has 6 heteroatoms. The Labute approximate surface area is 132 Å². The zero-order chi connectivity index (χ0) is 17.1. The molecule has 1 rings (SSSR count). The van der Waals surface area contributed by atoms with Gasteiger partial charge in [-0.05, 0) is 26.7 Å². The van der Waals surface area contributed by atoms with Crippen LogP contribution >= 0.6 is 0 Å². The van der Waals surface area contributed by atoms with Crippen molar-refractivity contribution in [2.45, 2.75) is 78.8 Å². The van der Waals surface area contributed by atoms with E-state index in [2.05, 4.69) is 19.0 Å². The minimum atomic E-state index is -0.432. The molecule has 0 aromatic heterocycles. The average Bonchev–Trinajstić information content (AvgIpc) is 2.45. The predicted octanol–water partition coefficient (Wildman–Crippen LogP) is 3.06. The summed E-state index contributed by atoms with van der Waals surface area (Å²) >= 11 is 0. The summed E-state index contributed by atoms with van der Waals surface area (Å²) in [5, 5.41) is 5.90. The number of hydrogen-bond acceptors (Lipinski definition) is 6. The molecule has 0 spiro atoms. The molecule has 1 fully saturated rings. The fraction of sp³-hybridized carbons (Fsp3) is 0.812. The second-order valence-corrected chi connectivity index (χ2v) is 6.50. The SMILES string of the molecule is CCC1(C)CC(=NOC(C)=O)C(C)C(C)(CC)N1OC(C)=O. The molecule has 0 aliphatic carbocycles. The van der Waals surface area contributed by atoms with Crippen LogP contribution in [0.2, 0.25) is 0 Å². The highest BCUT2D eigenvalue weighted by atomic mass is 16.7. The molecule has 1 heterocycles. The summed E-state index contributed by atoms with van der Waals surface area (Å²) < 4.78 is 0. The van der Waals surface area contributed by atoms with Gasteiger partial charge >= 0.3 is 11.9 Å². The number of carbonyl (C=O) groups excluding carboxylic acids is 2. The van der Waals surface area contributed by atoms with Crippen LogP contribution in [0.5, 0.6) is 0 Å². The predicted molar refractivity (Wildman–Crippen MR) is 84.0 cm³/mol. The molecule has 6 nitrogen and oxygen atoms in total. The quantitative estimate of drug-likeness (QED) is 0.589. The number of oxime groups is 1. The van der Waals surface area contributed by atoms with Gasteiger partial charge in [-0.15, -0.1) is 5.06 Å². The molecular formula is C16H28N2O4. The third kappa shape index (κ3) is 3.48. The highest BCUT2D eigenvalue weighted by Crippen LogP contribution is 2.44. The number of rotatable bonds is 4. The fourth-order valence-corrected chi connectivity index (χ4v) is 3.06. The Bertz CT molecular complexity index is 477. The summed E-state index contributed by atoms with van der Waals surface area (Å²) in [4.78, 5) is 33.1. The second-order valence-electron chi connectivity index (χ2n) is 6.50. The van der Waals surface area contributed by atoms with Crippen LogP contribution in [0.1, 0.15) is 67.7 Å². The van der Waals surface area contributed by atoms with Crippen molar-refractivity contribution in [1.82, 2.24) is 5.06 Å². The van der Waals surface area contributed by atoms with Gasteiger partial charge in [0.15, 0.2) is 0 Å². The maximum Gasteiger partial charge on any atom is 0.331 e. The van der Waals surface area contributed by atoms with Crippen molar-refractivity contribution >= 4 is 17.7 Å². The third-order valence-electron chi connectivity index (χ3n) is 4.94. The van der Waals surface area contributed by atoms with E-state index in [-0.39, 0.29) is 17.4 Å². The Morgan fingerprint density at radius 3 is 2.23 bits per heavy atom. The van der Waals surface area contributed by atoms with E-state index in [0.29, 0.717) is 6.42 Å². The Morgan fingerprint density at radius 2 is 1.82 bits per heavy atom. The number of hydrogen-bond donors (Lipinski definition) is 0. The maximum absolute atomic E-state index is 11.6. The lowest BCUT2D eigenvalue weighted by molar-refractivity contribution is -0.269. The molecule has 1 saturated heterocycles. The van der Waals surface area contributed by atoms with Crippen LogP contribution in [0.25, 0.3) is 0 Å². The third-order valence-corrected chi connectivity index (χ3v) is 4.94. The van der Waals surface area contributed by atoms with E-state index in [4.69, 9.17) is 9.68 Å². The van der Waals surface area contributed by atoms with E-state index >= 15 is 0 Å². The molecule has 22 heavy (non-hydrogen) atoms. The smallest absolute Gasteiger partial charge is 0.331 e. The van der Waals surface area contributed by atoms with Crippen molar-refractivity contribution in [1.29, 1.82) is 0 Å². The molecule has 0 radical (unpaired) electrons. The zero-order valence-electron chi connectivity index (χ0n) is 14.7. The number of piperidine rings is 1. The second kappa shape index (κ2) is 6.77. The van der Waals surface area contributed by atoms with Crippen LogP contribution in [0.15, 0.2) is 5.16 Å². The summed E-state index contributed by atoms with van der Waals surface area (Å²) in [5.41, 5.74) is 0.0302. The van der Waals surface area contributed by atoms with Gasteiger partial charge < -0.3 is 9.68 Å². The van der Waals surface area contributed by atoms with Gasteiger partial charge in [-0.25, -0.2) is 4.79 Å². The molecular weight excluding hydrogens is 284 g/mol. The molecule has 0 aromatic carbocycles. The summed E-state index contributed by atoms with van der Waals surface area (Å²) in [6, 6.07) is 0. The Balaban J connectivity index is 3.29. The van der Waals surface area contributed by atoms with E-state index in [9.17, 15) is 9.59 Å². The standard InChI is InChI=1S/C16H28N2O4/c1-8-15(6)10-14(17-21-12(4)19)11(3)16(7,9-2)18(15)22-13(5)20/h11H,8-10H2,1-7H3. The van der Waals surface area contributed by atoms with E-state index < -0.39 is 11.5 Å².